The fraction of sp³-hybridized carbons (Fsp3) is 0.409. The van der Waals surface area contributed by atoms with E-state index in [9.17, 15) is 13.2 Å². The summed E-state index contributed by atoms with van der Waals surface area (Å²) in [4.78, 5) is 17.3. The molecule has 1 unspecified atom stereocenters. The number of sulfonamides is 1. The minimum absolute atomic E-state index is 0.0256. The summed E-state index contributed by atoms with van der Waals surface area (Å²) in [7, 11) is -3.32. The molecule has 2 aromatic carbocycles. The van der Waals surface area contributed by atoms with Crippen LogP contribution in [0.1, 0.15) is 28.4 Å². The van der Waals surface area contributed by atoms with E-state index >= 15 is 0 Å². The third kappa shape index (κ3) is 4.16. The Morgan fingerprint density at radius 1 is 1.03 bits per heavy atom. The summed E-state index contributed by atoms with van der Waals surface area (Å²) in [6.07, 6.45) is 1.86. The van der Waals surface area contributed by atoms with Gasteiger partial charge in [0.05, 0.1) is 11.9 Å². The molecule has 29 heavy (non-hydrogen) atoms. The molecule has 2 aromatic rings. The molecule has 4 rings (SSSR count). The maximum atomic E-state index is 13.0. The molecule has 0 saturated carbocycles. The highest BCUT2D eigenvalue weighted by molar-refractivity contribution is 7.92. The average molecular weight is 414 g/mol. The van der Waals surface area contributed by atoms with Crippen LogP contribution in [0, 0.1) is 0 Å². The SMILES string of the molecule is CC1Cc2cc(C(=O)N3CCN(Cc4ccccc4)CC3)ccc2N1S(C)(=O)=O. The van der Waals surface area contributed by atoms with Crippen molar-refractivity contribution < 1.29 is 13.2 Å². The van der Waals surface area contributed by atoms with Crippen molar-refractivity contribution in [2.75, 3.05) is 36.7 Å². The number of amides is 1. The van der Waals surface area contributed by atoms with Crippen LogP contribution in [0.4, 0.5) is 5.69 Å². The maximum Gasteiger partial charge on any atom is 0.253 e. The van der Waals surface area contributed by atoms with Crippen LogP contribution < -0.4 is 4.31 Å². The molecule has 0 aliphatic carbocycles. The Balaban J connectivity index is 1.42. The number of benzene rings is 2. The van der Waals surface area contributed by atoms with Gasteiger partial charge >= 0.3 is 0 Å². The number of anilines is 1. The number of hydrogen-bond acceptors (Lipinski definition) is 4. The third-order valence-electron chi connectivity index (χ3n) is 5.75. The van der Waals surface area contributed by atoms with Crippen molar-refractivity contribution in [3.8, 4) is 0 Å². The smallest absolute Gasteiger partial charge is 0.253 e. The van der Waals surface area contributed by atoms with Gasteiger partial charge in [0.2, 0.25) is 10.0 Å². The summed E-state index contributed by atoms with van der Waals surface area (Å²) in [5.74, 6) is 0.0256. The first kappa shape index (κ1) is 19.9. The average Bonchev–Trinajstić information content (AvgIpc) is 3.04. The standard InChI is InChI=1S/C22H27N3O3S/c1-17-14-20-15-19(8-9-21(20)25(17)29(2,27)28)22(26)24-12-10-23(11-13-24)16-18-6-4-3-5-7-18/h3-9,15,17H,10-14,16H2,1-2H3. The minimum atomic E-state index is -3.32. The van der Waals surface area contributed by atoms with E-state index in [4.69, 9.17) is 0 Å². The normalized spacial score (nSPS) is 20.0. The molecule has 0 aromatic heterocycles. The first-order valence-corrected chi connectivity index (χ1v) is 11.9. The lowest BCUT2D eigenvalue weighted by Gasteiger charge is -2.35. The van der Waals surface area contributed by atoms with Crippen LogP contribution in [-0.4, -0.2) is 62.6 Å². The molecule has 0 spiro atoms. The van der Waals surface area contributed by atoms with Crippen molar-refractivity contribution in [3.63, 3.8) is 0 Å². The van der Waals surface area contributed by atoms with Crippen LogP contribution in [0.5, 0.6) is 0 Å². The highest BCUT2D eigenvalue weighted by Gasteiger charge is 2.33. The van der Waals surface area contributed by atoms with Crippen LogP contribution >= 0.6 is 0 Å². The number of piperazine rings is 1. The summed E-state index contributed by atoms with van der Waals surface area (Å²) in [6.45, 7) is 5.91. The lowest BCUT2D eigenvalue weighted by molar-refractivity contribution is 0.0628. The third-order valence-corrected chi connectivity index (χ3v) is 7.02. The van der Waals surface area contributed by atoms with Gasteiger partial charge in [0, 0.05) is 44.3 Å². The molecule has 0 radical (unpaired) electrons. The van der Waals surface area contributed by atoms with Gasteiger partial charge in [-0.25, -0.2) is 8.42 Å². The monoisotopic (exact) mass is 413 g/mol. The topological polar surface area (TPSA) is 60.9 Å². The molecular formula is C22H27N3O3S. The predicted molar refractivity (Wildman–Crippen MR) is 115 cm³/mol. The predicted octanol–water partition coefficient (Wildman–Crippen LogP) is 2.36. The van der Waals surface area contributed by atoms with Crippen LogP contribution in [0.3, 0.4) is 0 Å². The van der Waals surface area contributed by atoms with Gasteiger partial charge in [0.25, 0.3) is 5.91 Å². The summed E-state index contributed by atoms with van der Waals surface area (Å²) >= 11 is 0. The Morgan fingerprint density at radius 3 is 2.38 bits per heavy atom. The van der Waals surface area contributed by atoms with Crippen LogP contribution in [0.15, 0.2) is 48.5 Å². The second kappa shape index (κ2) is 7.80. The zero-order valence-corrected chi connectivity index (χ0v) is 17.7. The van der Waals surface area contributed by atoms with Crippen LogP contribution in [0.2, 0.25) is 0 Å². The number of fused-ring (bicyclic) bond motifs is 1. The highest BCUT2D eigenvalue weighted by Crippen LogP contribution is 2.35. The largest absolute Gasteiger partial charge is 0.336 e. The maximum absolute atomic E-state index is 13.0. The van der Waals surface area contributed by atoms with Crippen molar-refractivity contribution >= 4 is 21.6 Å². The molecule has 7 heteroatoms. The van der Waals surface area contributed by atoms with E-state index in [-0.39, 0.29) is 11.9 Å². The van der Waals surface area contributed by atoms with Gasteiger partial charge in [0.1, 0.15) is 0 Å². The number of hydrogen-bond donors (Lipinski definition) is 0. The summed E-state index contributed by atoms with van der Waals surface area (Å²) in [5.41, 5.74) is 3.55. The van der Waals surface area contributed by atoms with E-state index in [1.54, 1.807) is 12.1 Å². The lowest BCUT2D eigenvalue weighted by Crippen LogP contribution is -2.48. The van der Waals surface area contributed by atoms with Gasteiger partial charge in [0.15, 0.2) is 0 Å². The Labute approximate surface area is 172 Å². The van der Waals surface area contributed by atoms with Crippen molar-refractivity contribution in [2.24, 2.45) is 0 Å². The van der Waals surface area contributed by atoms with Gasteiger partial charge in [-0.05, 0) is 42.7 Å². The Bertz CT molecular complexity index is 999. The van der Waals surface area contributed by atoms with Crippen LogP contribution in [-0.2, 0) is 23.0 Å². The quantitative estimate of drug-likeness (QED) is 0.772. The second-order valence-electron chi connectivity index (χ2n) is 8.01. The lowest BCUT2D eigenvalue weighted by atomic mass is 10.1. The van der Waals surface area contributed by atoms with Crippen molar-refractivity contribution in [1.29, 1.82) is 0 Å². The van der Waals surface area contributed by atoms with Crippen molar-refractivity contribution in [3.05, 3.63) is 65.2 Å². The molecule has 154 valence electrons. The van der Waals surface area contributed by atoms with Crippen molar-refractivity contribution in [1.82, 2.24) is 9.80 Å². The van der Waals surface area contributed by atoms with E-state index in [1.807, 2.05) is 24.0 Å². The molecule has 0 N–H and O–H groups in total. The molecule has 6 nitrogen and oxygen atoms in total. The molecule has 2 aliphatic rings. The molecule has 2 heterocycles. The molecule has 1 saturated heterocycles. The highest BCUT2D eigenvalue weighted by atomic mass is 32.2. The molecule has 1 amide bonds. The van der Waals surface area contributed by atoms with Gasteiger partial charge in [-0.1, -0.05) is 30.3 Å². The van der Waals surface area contributed by atoms with Gasteiger partial charge < -0.3 is 4.90 Å². The van der Waals surface area contributed by atoms with Crippen molar-refractivity contribution in [2.45, 2.75) is 25.9 Å². The first-order chi connectivity index (χ1) is 13.8. The summed E-state index contributed by atoms with van der Waals surface area (Å²) in [5, 5.41) is 0. The zero-order valence-electron chi connectivity index (χ0n) is 16.9. The van der Waals surface area contributed by atoms with Gasteiger partial charge in [-0.3, -0.25) is 14.0 Å². The minimum Gasteiger partial charge on any atom is -0.336 e. The van der Waals surface area contributed by atoms with E-state index in [0.717, 1.165) is 25.2 Å². The second-order valence-corrected chi connectivity index (χ2v) is 9.87. The number of nitrogens with zero attached hydrogens (tertiary/aromatic N) is 3. The Morgan fingerprint density at radius 2 is 1.72 bits per heavy atom. The van der Waals surface area contributed by atoms with E-state index in [0.29, 0.717) is 30.8 Å². The number of carbonyl (C=O) groups excluding carboxylic acids is 1. The number of carbonyl (C=O) groups is 1. The Kier molecular flexibility index (Phi) is 5.36. The molecular weight excluding hydrogens is 386 g/mol. The van der Waals surface area contributed by atoms with Crippen LogP contribution in [0.25, 0.3) is 0 Å². The van der Waals surface area contributed by atoms with E-state index < -0.39 is 10.0 Å². The number of rotatable bonds is 4. The Hall–Kier alpha value is -2.38. The fourth-order valence-electron chi connectivity index (χ4n) is 4.37. The molecule has 1 atom stereocenters. The molecule has 2 aliphatic heterocycles. The zero-order chi connectivity index (χ0) is 20.6. The van der Waals surface area contributed by atoms with E-state index in [2.05, 4.69) is 29.2 Å². The fourth-order valence-corrected chi connectivity index (χ4v) is 5.64. The molecule has 1 fully saturated rings. The summed E-state index contributed by atoms with van der Waals surface area (Å²) in [6, 6.07) is 15.7. The van der Waals surface area contributed by atoms with Gasteiger partial charge in [-0.15, -0.1) is 0 Å². The first-order valence-electron chi connectivity index (χ1n) is 10.0. The molecule has 0 bridgehead atoms. The van der Waals surface area contributed by atoms with Gasteiger partial charge in [-0.2, -0.15) is 0 Å². The summed E-state index contributed by atoms with van der Waals surface area (Å²) < 4.78 is 25.6. The van der Waals surface area contributed by atoms with E-state index in [1.165, 1.54) is 16.1 Å².